The molecule has 1 aliphatic rings. The van der Waals surface area contributed by atoms with Gasteiger partial charge in [-0.1, -0.05) is 29.8 Å². The standard InChI is InChI=1S/C28H36N4O2/c1-20-5-11-25(12-6-20)32-22(3)28(21(2)30-32)29-27(33)19-31-17-15-24(16-18-31)8-7-23-9-13-26(34-4)14-10-23/h5-6,9-14,24H,7-8,15-19H2,1-4H3,(H,29,33). The highest BCUT2D eigenvalue weighted by molar-refractivity contribution is 5.93. The van der Waals surface area contributed by atoms with E-state index < -0.39 is 0 Å². The van der Waals surface area contributed by atoms with Crippen LogP contribution >= 0.6 is 0 Å². The molecule has 2 heterocycles. The molecule has 4 rings (SSSR count). The Labute approximate surface area is 202 Å². The lowest BCUT2D eigenvalue weighted by Gasteiger charge is -2.31. The highest BCUT2D eigenvalue weighted by atomic mass is 16.5. The summed E-state index contributed by atoms with van der Waals surface area (Å²) in [6, 6.07) is 16.6. The van der Waals surface area contributed by atoms with Crippen LogP contribution in [0.3, 0.4) is 0 Å². The maximum Gasteiger partial charge on any atom is 0.238 e. The van der Waals surface area contributed by atoms with Crippen LogP contribution in [-0.2, 0) is 11.2 Å². The average molecular weight is 461 g/mol. The topological polar surface area (TPSA) is 59.4 Å². The third-order valence-corrected chi connectivity index (χ3v) is 6.91. The van der Waals surface area contributed by atoms with Crippen molar-refractivity contribution in [2.24, 2.45) is 5.92 Å². The Kier molecular flexibility index (Phi) is 7.68. The summed E-state index contributed by atoms with van der Waals surface area (Å²) in [5.41, 5.74) is 6.18. The fourth-order valence-electron chi connectivity index (χ4n) is 4.74. The molecule has 1 saturated heterocycles. The number of rotatable bonds is 8. The number of benzene rings is 2. The van der Waals surface area contributed by atoms with Crippen molar-refractivity contribution < 1.29 is 9.53 Å². The van der Waals surface area contributed by atoms with Gasteiger partial charge >= 0.3 is 0 Å². The molecule has 0 saturated carbocycles. The van der Waals surface area contributed by atoms with Crippen molar-refractivity contribution in [3.63, 3.8) is 0 Å². The number of likely N-dealkylation sites (tertiary alicyclic amines) is 1. The smallest absolute Gasteiger partial charge is 0.238 e. The number of ether oxygens (including phenoxy) is 1. The van der Waals surface area contributed by atoms with Crippen LogP contribution in [0, 0.1) is 26.7 Å². The lowest BCUT2D eigenvalue weighted by molar-refractivity contribution is -0.117. The largest absolute Gasteiger partial charge is 0.497 e. The van der Waals surface area contributed by atoms with Gasteiger partial charge in [-0.3, -0.25) is 9.69 Å². The lowest BCUT2D eigenvalue weighted by atomic mass is 9.90. The quantitative estimate of drug-likeness (QED) is 0.509. The molecule has 1 N–H and O–H groups in total. The molecule has 1 aliphatic heterocycles. The minimum absolute atomic E-state index is 0.0336. The molecule has 0 aliphatic carbocycles. The minimum atomic E-state index is 0.0336. The summed E-state index contributed by atoms with van der Waals surface area (Å²) < 4.78 is 7.14. The van der Waals surface area contributed by atoms with Crippen LogP contribution in [0.25, 0.3) is 5.69 Å². The first-order valence-corrected chi connectivity index (χ1v) is 12.2. The molecule has 3 aromatic rings. The van der Waals surface area contributed by atoms with Crippen molar-refractivity contribution >= 4 is 11.6 Å². The molecule has 1 fully saturated rings. The summed E-state index contributed by atoms with van der Waals surface area (Å²) in [6.45, 7) is 8.40. The van der Waals surface area contributed by atoms with E-state index in [9.17, 15) is 4.79 Å². The average Bonchev–Trinajstić information content (AvgIpc) is 3.12. The summed E-state index contributed by atoms with van der Waals surface area (Å²) in [7, 11) is 1.70. The van der Waals surface area contributed by atoms with Gasteiger partial charge in [-0.05, 0) is 95.3 Å². The molecule has 180 valence electrons. The van der Waals surface area contributed by atoms with Crippen LogP contribution in [-0.4, -0.2) is 47.3 Å². The third-order valence-electron chi connectivity index (χ3n) is 6.91. The number of carbonyl (C=O) groups is 1. The van der Waals surface area contributed by atoms with Crippen LogP contribution < -0.4 is 10.1 Å². The molecule has 1 aromatic heterocycles. The first kappa shape index (κ1) is 24.0. The molecule has 0 unspecified atom stereocenters. The molecule has 0 radical (unpaired) electrons. The Morgan fingerprint density at radius 2 is 1.71 bits per heavy atom. The summed E-state index contributed by atoms with van der Waals surface area (Å²) in [4.78, 5) is 15.1. The van der Waals surface area contributed by atoms with Crippen LogP contribution in [0.4, 0.5) is 5.69 Å². The van der Waals surface area contributed by atoms with Crippen LogP contribution in [0.2, 0.25) is 0 Å². The predicted molar refractivity (Wildman–Crippen MR) is 137 cm³/mol. The van der Waals surface area contributed by atoms with Crippen LogP contribution in [0.5, 0.6) is 5.75 Å². The number of nitrogens with zero attached hydrogens (tertiary/aromatic N) is 3. The van der Waals surface area contributed by atoms with Crippen molar-refractivity contribution in [3.8, 4) is 11.4 Å². The molecule has 0 atom stereocenters. The van der Waals surface area contributed by atoms with E-state index >= 15 is 0 Å². The second kappa shape index (κ2) is 10.9. The Bertz CT molecular complexity index is 1090. The van der Waals surface area contributed by atoms with Gasteiger partial charge in [0.1, 0.15) is 5.75 Å². The third kappa shape index (κ3) is 5.86. The van der Waals surface area contributed by atoms with Crippen molar-refractivity contribution in [3.05, 3.63) is 71.0 Å². The summed E-state index contributed by atoms with van der Waals surface area (Å²) >= 11 is 0. The Hall–Kier alpha value is -3.12. The van der Waals surface area contributed by atoms with E-state index in [-0.39, 0.29) is 5.91 Å². The first-order valence-electron chi connectivity index (χ1n) is 12.2. The molecule has 1 amide bonds. The lowest BCUT2D eigenvalue weighted by Crippen LogP contribution is -2.39. The van der Waals surface area contributed by atoms with E-state index in [1.54, 1.807) is 7.11 Å². The van der Waals surface area contributed by atoms with E-state index in [4.69, 9.17) is 4.74 Å². The van der Waals surface area contributed by atoms with Crippen molar-refractivity contribution in [2.75, 3.05) is 32.1 Å². The molecule has 0 bridgehead atoms. The summed E-state index contributed by atoms with van der Waals surface area (Å²) in [6.07, 6.45) is 4.58. The van der Waals surface area contributed by atoms with E-state index in [1.807, 2.05) is 30.7 Å². The van der Waals surface area contributed by atoms with Crippen molar-refractivity contribution in [1.29, 1.82) is 0 Å². The molecular formula is C28H36N4O2. The van der Waals surface area contributed by atoms with Gasteiger partial charge in [-0.2, -0.15) is 5.10 Å². The minimum Gasteiger partial charge on any atom is -0.497 e. The molecule has 0 spiro atoms. The maximum absolute atomic E-state index is 12.8. The molecule has 6 nitrogen and oxygen atoms in total. The number of hydrogen-bond donors (Lipinski definition) is 1. The maximum atomic E-state index is 12.8. The van der Waals surface area contributed by atoms with Gasteiger partial charge in [0.2, 0.25) is 5.91 Å². The molecule has 2 aromatic carbocycles. The van der Waals surface area contributed by atoms with Crippen LogP contribution in [0.15, 0.2) is 48.5 Å². The van der Waals surface area contributed by atoms with Gasteiger partial charge in [0, 0.05) is 0 Å². The summed E-state index contributed by atoms with van der Waals surface area (Å²) in [5, 5.41) is 7.78. The Morgan fingerprint density at radius 3 is 2.35 bits per heavy atom. The van der Waals surface area contributed by atoms with Crippen LogP contribution in [0.1, 0.15) is 41.8 Å². The Morgan fingerprint density at radius 1 is 1.03 bits per heavy atom. The number of anilines is 1. The number of nitrogens with one attached hydrogen (secondary N) is 1. The number of aryl methyl sites for hydroxylation is 3. The zero-order valence-corrected chi connectivity index (χ0v) is 20.8. The van der Waals surface area contributed by atoms with Crippen molar-refractivity contribution in [2.45, 2.75) is 46.5 Å². The molecule has 34 heavy (non-hydrogen) atoms. The molecular weight excluding hydrogens is 424 g/mol. The second-order valence-corrected chi connectivity index (χ2v) is 9.45. The molecule has 6 heteroatoms. The van der Waals surface area contributed by atoms with Gasteiger partial charge in [-0.25, -0.2) is 4.68 Å². The fraction of sp³-hybridized carbons (Fsp3) is 0.429. The van der Waals surface area contributed by atoms with E-state index in [2.05, 4.69) is 58.6 Å². The van der Waals surface area contributed by atoms with E-state index in [0.29, 0.717) is 6.54 Å². The Balaban J connectivity index is 1.25. The number of amides is 1. The van der Waals surface area contributed by atoms with Crippen molar-refractivity contribution in [1.82, 2.24) is 14.7 Å². The number of piperidine rings is 1. The zero-order chi connectivity index (χ0) is 24.1. The highest BCUT2D eigenvalue weighted by Crippen LogP contribution is 2.25. The normalized spacial score (nSPS) is 14.8. The van der Waals surface area contributed by atoms with Gasteiger partial charge in [0.15, 0.2) is 0 Å². The highest BCUT2D eigenvalue weighted by Gasteiger charge is 2.22. The monoisotopic (exact) mass is 460 g/mol. The number of hydrogen-bond acceptors (Lipinski definition) is 4. The number of aromatic nitrogens is 2. The van der Waals surface area contributed by atoms with E-state index in [1.165, 1.54) is 17.5 Å². The van der Waals surface area contributed by atoms with Gasteiger partial charge in [-0.15, -0.1) is 0 Å². The van der Waals surface area contributed by atoms with E-state index in [0.717, 1.165) is 66.8 Å². The van der Waals surface area contributed by atoms with Gasteiger partial charge < -0.3 is 10.1 Å². The SMILES string of the molecule is COc1ccc(CCC2CCN(CC(=O)Nc3c(C)nn(-c4ccc(C)cc4)c3C)CC2)cc1. The fourth-order valence-corrected chi connectivity index (χ4v) is 4.74. The summed E-state index contributed by atoms with van der Waals surface area (Å²) in [5.74, 6) is 1.66. The number of carbonyl (C=O) groups excluding carboxylic acids is 1. The predicted octanol–water partition coefficient (Wildman–Crippen LogP) is 5.09. The second-order valence-electron chi connectivity index (χ2n) is 9.45. The zero-order valence-electron chi connectivity index (χ0n) is 20.8. The van der Waals surface area contributed by atoms with Gasteiger partial charge in [0.25, 0.3) is 0 Å². The van der Waals surface area contributed by atoms with Gasteiger partial charge in [0.05, 0.1) is 36.4 Å². The number of methoxy groups -OCH3 is 1. The first-order chi connectivity index (χ1) is 16.4.